The molecule has 122 valence electrons. The summed E-state index contributed by atoms with van der Waals surface area (Å²) in [5, 5.41) is 10.0. The molecular formula is C20H30O2. The van der Waals surface area contributed by atoms with Gasteiger partial charge in [-0.15, -0.1) is 0 Å². The van der Waals surface area contributed by atoms with E-state index in [-0.39, 0.29) is 11.5 Å². The maximum absolute atomic E-state index is 11.9. The molecule has 2 nitrogen and oxygen atoms in total. The molecule has 4 aliphatic rings. The van der Waals surface area contributed by atoms with E-state index < -0.39 is 0 Å². The molecule has 0 aromatic carbocycles. The smallest absolute Gasteiger partial charge is 0.126 e. The molecule has 0 bridgehead atoms. The van der Waals surface area contributed by atoms with Gasteiger partial charge in [0.25, 0.3) is 0 Å². The number of aldehydes is 1. The van der Waals surface area contributed by atoms with Crippen LogP contribution in [0.25, 0.3) is 0 Å². The van der Waals surface area contributed by atoms with Gasteiger partial charge in [-0.05, 0) is 80.5 Å². The number of hydrogen-bond donors (Lipinski definition) is 1. The molecule has 0 saturated heterocycles. The first kappa shape index (κ1) is 14.9. The van der Waals surface area contributed by atoms with Crippen molar-refractivity contribution >= 4 is 6.29 Å². The lowest BCUT2D eigenvalue weighted by Gasteiger charge is -2.57. The Labute approximate surface area is 134 Å². The first-order valence-corrected chi connectivity index (χ1v) is 9.32. The molecule has 0 aliphatic heterocycles. The lowest BCUT2D eigenvalue weighted by molar-refractivity contribution is -0.128. The minimum atomic E-state index is -0.126. The summed E-state index contributed by atoms with van der Waals surface area (Å²) in [6.45, 7) is 4.68. The third kappa shape index (κ3) is 2.06. The molecule has 1 N–H and O–H groups in total. The average molecular weight is 302 g/mol. The van der Waals surface area contributed by atoms with E-state index in [0.717, 1.165) is 43.9 Å². The van der Waals surface area contributed by atoms with E-state index in [2.05, 4.69) is 19.9 Å². The zero-order valence-electron chi connectivity index (χ0n) is 14.1. The highest BCUT2D eigenvalue weighted by Gasteiger charge is 2.57. The number of allylic oxidation sites excluding steroid dienone is 1. The molecule has 4 aliphatic carbocycles. The number of fused-ring (bicyclic) bond motifs is 3. The molecule has 3 fully saturated rings. The molecule has 0 aromatic rings. The van der Waals surface area contributed by atoms with Gasteiger partial charge in [0.1, 0.15) is 6.29 Å². The number of carbonyl (C=O) groups excluding carboxylic acids is 1. The lowest BCUT2D eigenvalue weighted by atomic mass is 9.47. The number of aliphatic hydroxyl groups excluding tert-OH is 1. The van der Waals surface area contributed by atoms with Crippen LogP contribution < -0.4 is 0 Å². The van der Waals surface area contributed by atoms with Crippen molar-refractivity contribution in [2.75, 3.05) is 0 Å². The molecule has 0 radical (unpaired) electrons. The number of aliphatic hydroxyl groups is 1. The molecule has 0 heterocycles. The minimum absolute atomic E-state index is 0.0851. The maximum Gasteiger partial charge on any atom is 0.126 e. The second-order valence-electron chi connectivity index (χ2n) is 9.08. The van der Waals surface area contributed by atoms with Crippen LogP contribution in [0.2, 0.25) is 0 Å². The predicted molar refractivity (Wildman–Crippen MR) is 87.3 cm³/mol. The molecule has 2 heteroatoms. The highest BCUT2D eigenvalue weighted by molar-refractivity contribution is 5.60. The SMILES string of the molecule is C[C@]1(C=O)CCC2C(CC=C3CC(O)CC[C@@]32C)C1C1CC1. The summed E-state index contributed by atoms with van der Waals surface area (Å²) in [7, 11) is 0. The van der Waals surface area contributed by atoms with Crippen LogP contribution in [-0.2, 0) is 4.79 Å². The van der Waals surface area contributed by atoms with Crippen LogP contribution >= 0.6 is 0 Å². The van der Waals surface area contributed by atoms with E-state index in [1.807, 2.05) is 0 Å². The van der Waals surface area contributed by atoms with Gasteiger partial charge in [-0.1, -0.05) is 25.5 Å². The predicted octanol–water partition coefficient (Wildman–Crippen LogP) is 4.13. The van der Waals surface area contributed by atoms with Crippen LogP contribution in [0.1, 0.15) is 65.2 Å². The van der Waals surface area contributed by atoms with Crippen LogP contribution in [0.3, 0.4) is 0 Å². The van der Waals surface area contributed by atoms with Crippen LogP contribution in [-0.4, -0.2) is 17.5 Å². The quantitative estimate of drug-likeness (QED) is 0.615. The molecule has 3 saturated carbocycles. The summed E-state index contributed by atoms with van der Waals surface area (Å²) >= 11 is 0. The van der Waals surface area contributed by atoms with Crippen molar-refractivity contribution in [3.8, 4) is 0 Å². The molecule has 0 aromatic heterocycles. The number of rotatable bonds is 2. The summed E-state index contributed by atoms with van der Waals surface area (Å²) in [4.78, 5) is 11.9. The van der Waals surface area contributed by atoms with Crippen LogP contribution in [0.4, 0.5) is 0 Å². The Morgan fingerprint density at radius 3 is 2.64 bits per heavy atom. The third-order valence-corrected chi connectivity index (χ3v) is 7.77. The van der Waals surface area contributed by atoms with Gasteiger partial charge in [0.15, 0.2) is 0 Å². The second kappa shape index (κ2) is 4.93. The van der Waals surface area contributed by atoms with Crippen LogP contribution in [0.15, 0.2) is 11.6 Å². The van der Waals surface area contributed by atoms with E-state index >= 15 is 0 Å². The summed E-state index contributed by atoms with van der Waals surface area (Å²) in [6, 6.07) is 0. The van der Waals surface area contributed by atoms with E-state index in [0.29, 0.717) is 17.3 Å². The monoisotopic (exact) mass is 302 g/mol. The highest BCUT2D eigenvalue weighted by Crippen LogP contribution is 2.64. The average Bonchev–Trinajstić information content (AvgIpc) is 3.32. The zero-order chi connectivity index (χ0) is 15.5. The van der Waals surface area contributed by atoms with Crippen molar-refractivity contribution in [2.45, 2.75) is 71.3 Å². The van der Waals surface area contributed by atoms with Gasteiger partial charge in [-0.3, -0.25) is 0 Å². The molecule has 22 heavy (non-hydrogen) atoms. The van der Waals surface area contributed by atoms with Gasteiger partial charge in [0.05, 0.1) is 6.10 Å². The Hall–Kier alpha value is -0.630. The molecular weight excluding hydrogens is 272 g/mol. The topological polar surface area (TPSA) is 37.3 Å². The summed E-state index contributed by atoms with van der Waals surface area (Å²) in [5.41, 5.74) is 1.73. The third-order valence-electron chi connectivity index (χ3n) is 7.77. The maximum atomic E-state index is 11.9. The normalized spacial score (nSPS) is 51.5. The second-order valence-corrected chi connectivity index (χ2v) is 9.08. The highest BCUT2D eigenvalue weighted by atomic mass is 16.3. The summed E-state index contributed by atoms with van der Waals surface area (Å²) in [6.07, 6.45) is 12.7. The Morgan fingerprint density at radius 2 is 1.95 bits per heavy atom. The first-order chi connectivity index (χ1) is 10.5. The Bertz CT molecular complexity index is 506. The van der Waals surface area contributed by atoms with Gasteiger partial charge < -0.3 is 9.90 Å². The van der Waals surface area contributed by atoms with Gasteiger partial charge in [0.2, 0.25) is 0 Å². The molecule has 6 atom stereocenters. The summed E-state index contributed by atoms with van der Waals surface area (Å²) in [5.74, 6) is 2.83. The fraction of sp³-hybridized carbons (Fsp3) is 0.850. The van der Waals surface area contributed by atoms with Crippen molar-refractivity contribution < 1.29 is 9.90 Å². The van der Waals surface area contributed by atoms with Crippen molar-refractivity contribution in [3.05, 3.63) is 11.6 Å². The zero-order valence-corrected chi connectivity index (χ0v) is 14.1. The van der Waals surface area contributed by atoms with Gasteiger partial charge in [-0.25, -0.2) is 0 Å². The van der Waals surface area contributed by atoms with Crippen molar-refractivity contribution in [3.63, 3.8) is 0 Å². The van der Waals surface area contributed by atoms with E-state index in [9.17, 15) is 9.90 Å². The van der Waals surface area contributed by atoms with Crippen molar-refractivity contribution in [2.24, 2.45) is 34.5 Å². The molecule has 4 rings (SSSR count). The van der Waals surface area contributed by atoms with Gasteiger partial charge in [-0.2, -0.15) is 0 Å². The van der Waals surface area contributed by atoms with E-state index in [4.69, 9.17) is 0 Å². The Kier molecular flexibility index (Phi) is 3.35. The van der Waals surface area contributed by atoms with Crippen molar-refractivity contribution in [1.82, 2.24) is 0 Å². The fourth-order valence-electron chi connectivity index (χ4n) is 6.40. The largest absolute Gasteiger partial charge is 0.393 e. The van der Waals surface area contributed by atoms with Crippen LogP contribution in [0, 0.1) is 34.5 Å². The number of carbonyl (C=O) groups is 1. The minimum Gasteiger partial charge on any atom is -0.393 e. The van der Waals surface area contributed by atoms with Crippen LogP contribution in [0.5, 0.6) is 0 Å². The summed E-state index contributed by atoms with van der Waals surface area (Å²) < 4.78 is 0. The van der Waals surface area contributed by atoms with E-state index in [1.165, 1.54) is 31.1 Å². The Balaban J connectivity index is 1.70. The lowest BCUT2D eigenvalue weighted by Crippen LogP contribution is -2.51. The molecule has 0 spiro atoms. The standard InChI is InChI=1S/C20H30O2/c1-19(12-21)9-8-17-16(18(19)13-3-4-13)6-5-14-11-15(22)7-10-20(14,17)2/h5,12-13,15-18,22H,3-4,6-11H2,1-2H3/t15?,16?,17?,18?,19-,20+/m1/s1. The molecule has 4 unspecified atom stereocenters. The molecule has 0 amide bonds. The Morgan fingerprint density at radius 1 is 1.18 bits per heavy atom. The van der Waals surface area contributed by atoms with Gasteiger partial charge in [0, 0.05) is 5.41 Å². The van der Waals surface area contributed by atoms with E-state index in [1.54, 1.807) is 0 Å². The fourth-order valence-corrected chi connectivity index (χ4v) is 6.40. The van der Waals surface area contributed by atoms with Gasteiger partial charge >= 0.3 is 0 Å². The first-order valence-electron chi connectivity index (χ1n) is 9.32. The van der Waals surface area contributed by atoms with Crippen molar-refractivity contribution in [1.29, 1.82) is 0 Å². The number of hydrogen-bond acceptors (Lipinski definition) is 2.